The number of halogens is 2. The maximum atomic E-state index is 5.87. The molecule has 0 radical (unpaired) electrons. The Morgan fingerprint density at radius 1 is 1.23 bits per heavy atom. The van der Waals surface area contributed by atoms with Crippen molar-refractivity contribution < 1.29 is 0 Å². The molecule has 0 unspecified atom stereocenters. The molecule has 7 heteroatoms. The summed E-state index contributed by atoms with van der Waals surface area (Å²) in [6.45, 7) is 0. The van der Waals surface area contributed by atoms with Crippen molar-refractivity contribution in [3.05, 3.63) is 68.4 Å². The highest BCUT2D eigenvalue weighted by Crippen LogP contribution is 2.21. The van der Waals surface area contributed by atoms with E-state index in [9.17, 15) is 0 Å². The first kappa shape index (κ1) is 15.1. The van der Waals surface area contributed by atoms with Crippen LogP contribution in [-0.4, -0.2) is 21.1 Å². The third kappa shape index (κ3) is 3.35. The number of nitrogens with one attached hydrogen (secondary N) is 1. The summed E-state index contributed by atoms with van der Waals surface area (Å²) >= 11 is 14.6. The van der Waals surface area contributed by atoms with E-state index in [2.05, 4.69) is 31.2 Å². The van der Waals surface area contributed by atoms with Crippen molar-refractivity contribution in [1.29, 1.82) is 0 Å². The Morgan fingerprint density at radius 3 is 2.73 bits per heavy atom. The first-order valence-corrected chi connectivity index (χ1v) is 7.95. The van der Waals surface area contributed by atoms with Crippen LogP contribution in [-0.2, 0) is 0 Å². The van der Waals surface area contributed by atoms with Crippen molar-refractivity contribution >= 4 is 46.0 Å². The Morgan fingerprint density at radius 2 is 2.00 bits per heavy atom. The zero-order valence-corrected chi connectivity index (χ0v) is 14.4. The standard InChI is InChI=1S/C15H10BrClN4S/c16-12-3-1-2-11(8-12)14-19-20-15(22)21(14)18-9-10-4-6-13(17)7-5-10/h1-9H,(H,20,22). The minimum atomic E-state index is 0.431. The SMILES string of the molecule is S=c1[nH]nc(-c2cccc(Br)c2)n1N=Cc1ccc(Cl)cc1. The zero-order valence-electron chi connectivity index (χ0n) is 11.2. The third-order valence-electron chi connectivity index (χ3n) is 2.93. The largest absolute Gasteiger partial charge is 0.250 e. The van der Waals surface area contributed by atoms with E-state index >= 15 is 0 Å². The van der Waals surface area contributed by atoms with Gasteiger partial charge in [-0.15, -0.1) is 0 Å². The molecule has 0 atom stereocenters. The maximum Gasteiger partial charge on any atom is 0.216 e. The molecule has 3 aromatic rings. The smallest absolute Gasteiger partial charge is 0.216 e. The molecule has 0 aliphatic carbocycles. The van der Waals surface area contributed by atoms with Crippen LogP contribution in [0.4, 0.5) is 0 Å². The minimum Gasteiger partial charge on any atom is -0.250 e. The quantitative estimate of drug-likeness (QED) is 0.508. The molecular formula is C15H10BrClN4S. The fourth-order valence-corrected chi connectivity index (χ4v) is 2.59. The van der Waals surface area contributed by atoms with Crippen molar-refractivity contribution in [2.24, 2.45) is 5.10 Å². The Kier molecular flexibility index (Phi) is 4.52. The van der Waals surface area contributed by atoms with E-state index < -0.39 is 0 Å². The van der Waals surface area contributed by atoms with Crippen LogP contribution in [0.2, 0.25) is 5.02 Å². The average molecular weight is 394 g/mol. The molecule has 0 saturated carbocycles. The summed E-state index contributed by atoms with van der Waals surface area (Å²) in [7, 11) is 0. The predicted octanol–water partition coefficient (Wildman–Crippen LogP) is 4.91. The van der Waals surface area contributed by atoms with Gasteiger partial charge in [-0.25, -0.2) is 5.10 Å². The number of benzene rings is 2. The van der Waals surface area contributed by atoms with Crippen LogP contribution in [0.25, 0.3) is 11.4 Å². The lowest BCUT2D eigenvalue weighted by Gasteiger charge is -2.01. The molecule has 4 nitrogen and oxygen atoms in total. The van der Waals surface area contributed by atoms with Gasteiger partial charge in [0.15, 0.2) is 5.82 Å². The molecule has 2 aromatic carbocycles. The molecular weight excluding hydrogens is 384 g/mol. The van der Waals surface area contributed by atoms with Gasteiger partial charge in [-0.2, -0.15) is 14.9 Å². The van der Waals surface area contributed by atoms with E-state index in [-0.39, 0.29) is 0 Å². The first-order valence-electron chi connectivity index (χ1n) is 6.37. The van der Waals surface area contributed by atoms with Gasteiger partial charge in [-0.3, -0.25) is 0 Å². The van der Waals surface area contributed by atoms with Crippen molar-refractivity contribution in [1.82, 2.24) is 14.9 Å². The van der Waals surface area contributed by atoms with Crippen LogP contribution in [0.1, 0.15) is 5.56 Å². The van der Waals surface area contributed by atoms with Crippen LogP contribution in [0, 0.1) is 4.77 Å². The highest BCUT2D eigenvalue weighted by molar-refractivity contribution is 9.10. The van der Waals surface area contributed by atoms with Crippen LogP contribution >= 0.6 is 39.7 Å². The van der Waals surface area contributed by atoms with Crippen molar-refractivity contribution in [2.45, 2.75) is 0 Å². The first-order chi connectivity index (χ1) is 10.6. The number of nitrogens with zero attached hydrogens (tertiary/aromatic N) is 3. The second-order valence-electron chi connectivity index (χ2n) is 4.47. The van der Waals surface area contributed by atoms with E-state index in [1.165, 1.54) is 0 Å². The van der Waals surface area contributed by atoms with Gasteiger partial charge in [0.1, 0.15) is 0 Å². The van der Waals surface area contributed by atoms with Gasteiger partial charge in [-0.05, 0) is 42.0 Å². The van der Waals surface area contributed by atoms with Crippen LogP contribution in [0.5, 0.6) is 0 Å². The molecule has 0 bridgehead atoms. The van der Waals surface area contributed by atoms with Gasteiger partial charge in [0, 0.05) is 15.1 Å². The van der Waals surface area contributed by atoms with E-state index in [1.54, 1.807) is 10.9 Å². The topological polar surface area (TPSA) is 46.0 Å². The minimum absolute atomic E-state index is 0.431. The molecule has 1 heterocycles. The number of rotatable bonds is 3. The molecule has 0 amide bonds. The lowest BCUT2D eigenvalue weighted by Crippen LogP contribution is -1.95. The molecule has 3 rings (SSSR count). The predicted molar refractivity (Wildman–Crippen MR) is 95.0 cm³/mol. The Balaban J connectivity index is 1.99. The Hall–Kier alpha value is -1.76. The Labute approximate surface area is 145 Å². The summed E-state index contributed by atoms with van der Waals surface area (Å²) in [5.74, 6) is 0.650. The highest BCUT2D eigenvalue weighted by atomic mass is 79.9. The van der Waals surface area contributed by atoms with Gasteiger partial charge in [0.05, 0.1) is 6.21 Å². The summed E-state index contributed by atoms with van der Waals surface area (Å²) in [5.41, 5.74) is 1.84. The van der Waals surface area contributed by atoms with E-state index in [1.807, 2.05) is 48.5 Å². The average Bonchev–Trinajstić information content (AvgIpc) is 2.88. The molecule has 1 N–H and O–H groups in total. The second-order valence-corrected chi connectivity index (χ2v) is 6.21. The molecule has 0 aliphatic rings. The van der Waals surface area contributed by atoms with Crippen molar-refractivity contribution in [3.8, 4) is 11.4 Å². The molecule has 22 heavy (non-hydrogen) atoms. The normalized spacial score (nSPS) is 11.2. The number of aromatic amines is 1. The number of hydrogen-bond donors (Lipinski definition) is 1. The monoisotopic (exact) mass is 392 g/mol. The molecule has 0 aliphatic heterocycles. The van der Waals surface area contributed by atoms with Gasteiger partial charge < -0.3 is 0 Å². The number of aromatic nitrogens is 3. The third-order valence-corrected chi connectivity index (χ3v) is 3.93. The summed E-state index contributed by atoms with van der Waals surface area (Å²) < 4.78 is 2.98. The number of H-pyrrole nitrogens is 1. The molecule has 0 fully saturated rings. The van der Waals surface area contributed by atoms with E-state index in [0.29, 0.717) is 15.6 Å². The summed E-state index contributed by atoms with van der Waals surface area (Å²) in [6, 6.07) is 15.2. The second kappa shape index (κ2) is 6.56. The Bertz CT molecular complexity index is 883. The van der Waals surface area contributed by atoms with Crippen LogP contribution in [0.15, 0.2) is 58.1 Å². The lowest BCUT2D eigenvalue weighted by molar-refractivity contribution is 0.871. The van der Waals surface area contributed by atoms with Crippen LogP contribution in [0.3, 0.4) is 0 Å². The zero-order chi connectivity index (χ0) is 15.5. The number of hydrogen-bond acceptors (Lipinski definition) is 3. The summed E-state index contributed by atoms with van der Waals surface area (Å²) in [6.07, 6.45) is 1.71. The fraction of sp³-hybridized carbons (Fsp3) is 0. The summed E-state index contributed by atoms with van der Waals surface area (Å²) in [4.78, 5) is 0. The molecule has 110 valence electrons. The fourth-order valence-electron chi connectivity index (χ4n) is 1.89. The molecule has 1 aromatic heterocycles. The van der Waals surface area contributed by atoms with E-state index in [0.717, 1.165) is 15.6 Å². The lowest BCUT2D eigenvalue weighted by atomic mass is 10.2. The maximum absolute atomic E-state index is 5.87. The van der Waals surface area contributed by atoms with Gasteiger partial charge in [0.25, 0.3) is 0 Å². The van der Waals surface area contributed by atoms with Crippen molar-refractivity contribution in [2.75, 3.05) is 0 Å². The van der Waals surface area contributed by atoms with Crippen LogP contribution < -0.4 is 0 Å². The van der Waals surface area contributed by atoms with Crippen molar-refractivity contribution in [3.63, 3.8) is 0 Å². The van der Waals surface area contributed by atoms with E-state index in [4.69, 9.17) is 23.8 Å². The van der Waals surface area contributed by atoms with Gasteiger partial charge >= 0.3 is 0 Å². The molecule has 0 spiro atoms. The summed E-state index contributed by atoms with van der Waals surface area (Å²) in [5, 5.41) is 12.1. The molecule has 0 saturated heterocycles. The van der Waals surface area contributed by atoms with Gasteiger partial charge in [-0.1, -0.05) is 51.8 Å². The highest BCUT2D eigenvalue weighted by Gasteiger charge is 2.08. The van der Waals surface area contributed by atoms with Gasteiger partial charge in [0.2, 0.25) is 4.77 Å².